The first-order valence-electron chi connectivity index (χ1n) is 4.29. The first-order chi connectivity index (χ1) is 6.33. The Morgan fingerprint density at radius 1 is 1.08 bits per heavy atom. The van der Waals surface area contributed by atoms with E-state index in [0.29, 0.717) is 0 Å². The Morgan fingerprint density at radius 2 is 1.46 bits per heavy atom. The average Bonchev–Trinajstić information content (AvgIpc) is 2.25. The highest BCUT2D eigenvalue weighted by atomic mass is 16.2. The highest BCUT2D eigenvalue weighted by Crippen LogP contribution is 1.98. The monoisotopic (exact) mass is 182 g/mol. The normalized spacial score (nSPS) is 7.15. The van der Waals surface area contributed by atoms with Crippen molar-refractivity contribution in [2.75, 3.05) is 7.11 Å². The lowest BCUT2D eigenvalue weighted by atomic mass is 10.2. The van der Waals surface area contributed by atoms with Gasteiger partial charge in [0.25, 0.3) is 0 Å². The lowest BCUT2D eigenvalue weighted by Crippen LogP contribution is -1.77. The predicted octanol–water partition coefficient (Wildman–Crippen LogP) is 2.44. The van der Waals surface area contributed by atoms with Gasteiger partial charge in [-0.1, -0.05) is 43.7 Å². The van der Waals surface area contributed by atoms with Gasteiger partial charge in [0.05, 0.1) is 0 Å². The van der Waals surface area contributed by atoms with E-state index < -0.39 is 0 Å². The van der Waals surface area contributed by atoms with Crippen molar-refractivity contribution in [3.63, 3.8) is 0 Å². The standard InChI is InChI=1S/C8H8O.C2H6.CH4O/c1-7-2-4-8(6-9)5-3-7;2*1-2/h2-6H,1H3;1-2H3;2H,1H3. The molecule has 0 saturated carbocycles. The van der Waals surface area contributed by atoms with E-state index in [1.165, 1.54) is 5.56 Å². The molecule has 0 heterocycles. The van der Waals surface area contributed by atoms with Gasteiger partial charge < -0.3 is 5.11 Å². The summed E-state index contributed by atoms with van der Waals surface area (Å²) in [5, 5.41) is 7.00. The van der Waals surface area contributed by atoms with E-state index >= 15 is 0 Å². The van der Waals surface area contributed by atoms with Gasteiger partial charge in [-0.05, 0) is 6.92 Å². The molecule has 0 unspecified atom stereocenters. The molecule has 2 heteroatoms. The molecule has 0 saturated heterocycles. The molecule has 74 valence electrons. The molecule has 0 aromatic heterocycles. The van der Waals surface area contributed by atoms with Crippen LogP contribution in [0, 0.1) is 6.92 Å². The molecule has 13 heavy (non-hydrogen) atoms. The van der Waals surface area contributed by atoms with Gasteiger partial charge in [-0.25, -0.2) is 0 Å². The number of aliphatic hydroxyl groups excluding tert-OH is 1. The fourth-order valence-corrected chi connectivity index (χ4v) is 0.645. The summed E-state index contributed by atoms with van der Waals surface area (Å²) in [5.74, 6) is 0. The van der Waals surface area contributed by atoms with Crippen molar-refractivity contribution in [2.24, 2.45) is 0 Å². The quantitative estimate of drug-likeness (QED) is 0.677. The summed E-state index contributed by atoms with van der Waals surface area (Å²) in [6, 6.07) is 7.46. The van der Waals surface area contributed by atoms with Gasteiger partial charge in [0.15, 0.2) is 0 Å². The molecule has 0 atom stereocenters. The van der Waals surface area contributed by atoms with Gasteiger partial charge in [0.2, 0.25) is 0 Å². The topological polar surface area (TPSA) is 37.3 Å². The van der Waals surface area contributed by atoms with Crippen LogP contribution >= 0.6 is 0 Å². The molecule has 0 aliphatic carbocycles. The van der Waals surface area contributed by atoms with Crippen molar-refractivity contribution < 1.29 is 9.90 Å². The number of hydrogen-bond acceptors (Lipinski definition) is 2. The van der Waals surface area contributed by atoms with Crippen molar-refractivity contribution in [3.8, 4) is 0 Å². The molecule has 0 radical (unpaired) electrons. The summed E-state index contributed by atoms with van der Waals surface area (Å²) < 4.78 is 0. The zero-order chi connectivity index (χ0) is 10.7. The second kappa shape index (κ2) is 10.8. The third-order valence-electron chi connectivity index (χ3n) is 1.21. The van der Waals surface area contributed by atoms with Crippen molar-refractivity contribution >= 4 is 6.29 Å². The molecule has 2 nitrogen and oxygen atoms in total. The zero-order valence-corrected chi connectivity index (χ0v) is 8.74. The van der Waals surface area contributed by atoms with E-state index in [9.17, 15) is 4.79 Å². The van der Waals surface area contributed by atoms with Crippen LogP contribution in [0.25, 0.3) is 0 Å². The van der Waals surface area contributed by atoms with Crippen LogP contribution in [0.5, 0.6) is 0 Å². The van der Waals surface area contributed by atoms with Gasteiger partial charge in [0.1, 0.15) is 6.29 Å². The maximum absolute atomic E-state index is 10.1. The number of aliphatic hydroxyl groups is 1. The van der Waals surface area contributed by atoms with E-state index in [4.69, 9.17) is 5.11 Å². The summed E-state index contributed by atoms with van der Waals surface area (Å²) in [4.78, 5) is 10.1. The van der Waals surface area contributed by atoms with Crippen LogP contribution in [0.15, 0.2) is 24.3 Å². The molecule has 1 aromatic rings. The molecule has 0 spiro atoms. The van der Waals surface area contributed by atoms with Crippen LogP contribution in [0.2, 0.25) is 0 Å². The van der Waals surface area contributed by atoms with Crippen LogP contribution in [0.3, 0.4) is 0 Å². The number of aldehydes is 1. The highest BCUT2D eigenvalue weighted by molar-refractivity contribution is 5.74. The van der Waals surface area contributed by atoms with Crippen LogP contribution < -0.4 is 0 Å². The Kier molecular flexibility index (Phi) is 12.0. The van der Waals surface area contributed by atoms with Crippen molar-refractivity contribution in [3.05, 3.63) is 35.4 Å². The van der Waals surface area contributed by atoms with Gasteiger partial charge in [-0.2, -0.15) is 0 Å². The molecule has 0 aliphatic heterocycles. The minimum absolute atomic E-state index is 0.737. The summed E-state index contributed by atoms with van der Waals surface area (Å²) in [7, 11) is 1.00. The largest absolute Gasteiger partial charge is 0.400 e. The number of carbonyl (C=O) groups is 1. The van der Waals surface area contributed by atoms with E-state index in [-0.39, 0.29) is 0 Å². The van der Waals surface area contributed by atoms with E-state index in [1.807, 2.05) is 45.0 Å². The highest BCUT2D eigenvalue weighted by Gasteiger charge is 1.85. The summed E-state index contributed by atoms with van der Waals surface area (Å²) in [6.07, 6.45) is 0.847. The lowest BCUT2D eigenvalue weighted by molar-refractivity contribution is 0.112. The fraction of sp³-hybridized carbons (Fsp3) is 0.364. The molecule has 0 fully saturated rings. The first kappa shape index (κ1) is 14.4. The van der Waals surface area contributed by atoms with Gasteiger partial charge in [-0.15, -0.1) is 0 Å². The van der Waals surface area contributed by atoms with Crippen LogP contribution in [-0.4, -0.2) is 18.5 Å². The molecular formula is C11H18O2. The van der Waals surface area contributed by atoms with Crippen molar-refractivity contribution in [1.29, 1.82) is 0 Å². The molecule has 0 bridgehead atoms. The first-order valence-corrected chi connectivity index (χ1v) is 4.29. The fourth-order valence-electron chi connectivity index (χ4n) is 0.645. The third-order valence-corrected chi connectivity index (χ3v) is 1.21. The second-order valence-electron chi connectivity index (χ2n) is 2.03. The number of hydrogen-bond donors (Lipinski definition) is 1. The Hall–Kier alpha value is -1.15. The van der Waals surface area contributed by atoms with Crippen molar-refractivity contribution in [2.45, 2.75) is 20.8 Å². The number of rotatable bonds is 1. The minimum atomic E-state index is 0.737. The molecule has 0 aliphatic rings. The Balaban J connectivity index is 0. The van der Waals surface area contributed by atoms with Gasteiger partial charge in [-0.3, -0.25) is 4.79 Å². The Labute approximate surface area is 80.2 Å². The smallest absolute Gasteiger partial charge is 0.150 e. The molecule has 1 aromatic carbocycles. The van der Waals surface area contributed by atoms with Gasteiger partial charge >= 0.3 is 0 Å². The minimum Gasteiger partial charge on any atom is -0.400 e. The van der Waals surface area contributed by atoms with Crippen molar-refractivity contribution in [1.82, 2.24) is 0 Å². The maximum Gasteiger partial charge on any atom is 0.150 e. The average molecular weight is 182 g/mol. The molecule has 1 rings (SSSR count). The van der Waals surface area contributed by atoms with E-state index in [2.05, 4.69) is 0 Å². The lowest BCUT2D eigenvalue weighted by Gasteiger charge is -1.89. The molecule has 0 amide bonds. The number of carbonyl (C=O) groups excluding carboxylic acids is 1. The van der Waals surface area contributed by atoms with Crippen LogP contribution in [-0.2, 0) is 0 Å². The number of aryl methyl sites for hydroxylation is 1. The maximum atomic E-state index is 10.1. The Morgan fingerprint density at radius 3 is 1.77 bits per heavy atom. The predicted molar refractivity (Wildman–Crippen MR) is 56.1 cm³/mol. The number of benzene rings is 1. The summed E-state index contributed by atoms with van der Waals surface area (Å²) >= 11 is 0. The SMILES string of the molecule is CC.CO.Cc1ccc(C=O)cc1. The van der Waals surface area contributed by atoms with Crippen LogP contribution in [0.4, 0.5) is 0 Å². The summed E-state index contributed by atoms with van der Waals surface area (Å²) in [6.45, 7) is 5.99. The zero-order valence-electron chi connectivity index (χ0n) is 8.74. The van der Waals surface area contributed by atoms with Crippen LogP contribution in [0.1, 0.15) is 29.8 Å². The van der Waals surface area contributed by atoms with E-state index in [0.717, 1.165) is 19.0 Å². The second-order valence-corrected chi connectivity index (χ2v) is 2.03. The summed E-state index contributed by atoms with van der Waals surface area (Å²) in [5.41, 5.74) is 1.92. The molecular weight excluding hydrogens is 164 g/mol. The van der Waals surface area contributed by atoms with Gasteiger partial charge in [0, 0.05) is 12.7 Å². The molecule has 1 N–H and O–H groups in total. The van der Waals surface area contributed by atoms with E-state index in [1.54, 1.807) is 0 Å². The Bertz CT molecular complexity index is 202. The third kappa shape index (κ3) is 7.22.